The van der Waals surface area contributed by atoms with Crippen molar-refractivity contribution in [2.24, 2.45) is 11.3 Å². The number of carbonyl (C=O) groups excluding carboxylic acids is 1. The van der Waals surface area contributed by atoms with E-state index in [2.05, 4.69) is 27.1 Å². The van der Waals surface area contributed by atoms with E-state index in [0.29, 0.717) is 5.91 Å². The van der Waals surface area contributed by atoms with Crippen LogP contribution in [0.3, 0.4) is 0 Å². The second kappa shape index (κ2) is 6.73. The number of thiazole rings is 1. The van der Waals surface area contributed by atoms with Crippen LogP contribution in [0.15, 0.2) is 5.38 Å². The second-order valence-corrected chi connectivity index (χ2v) is 8.65. The zero-order valence-electron chi connectivity index (χ0n) is 14.5. The fourth-order valence-electron chi connectivity index (χ4n) is 4.68. The van der Waals surface area contributed by atoms with Gasteiger partial charge in [0.15, 0.2) is 0 Å². The number of rotatable bonds is 3. The van der Waals surface area contributed by atoms with E-state index in [9.17, 15) is 4.79 Å². The number of aromatic nitrogens is 1. The molecule has 1 aromatic heterocycles. The monoisotopic (exact) mass is 349 g/mol. The van der Waals surface area contributed by atoms with Gasteiger partial charge in [-0.3, -0.25) is 9.69 Å². The molecule has 5 nitrogen and oxygen atoms in total. The first kappa shape index (κ1) is 16.5. The maximum Gasteiger partial charge on any atom is 0.227 e. The van der Waals surface area contributed by atoms with Crippen LogP contribution in [-0.4, -0.2) is 60.1 Å². The summed E-state index contributed by atoms with van der Waals surface area (Å²) in [6.45, 7) is 8.32. The summed E-state index contributed by atoms with van der Waals surface area (Å²) >= 11 is 1.71. The summed E-state index contributed by atoms with van der Waals surface area (Å²) in [7, 11) is 0. The average molecular weight is 350 g/mol. The van der Waals surface area contributed by atoms with E-state index in [4.69, 9.17) is 4.74 Å². The fourth-order valence-corrected chi connectivity index (χ4v) is 5.29. The topological polar surface area (TPSA) is 45.7 Å². The number of aryl methyl sites for hydroxylation is 1. The van der Waals surface area contributed by atoms with Crippen LogP contribution in [0.5, 0.6) is 0 Å². The van der Waals surface area contributed by atoms with Crippen molar-refractivity contribution in [1.29, 1.82) is 0 Å². The van der Waals surface area contributed by atoms with E-state index in [1.807, 2.05) is 0 Å². The third-order valence-corrected chi connectivity index (χ3v) is 6.80. The standard InChI is InChI=1S/C18H27N3O2S/c1-14-19-15(12-24-14)10-20-11-16(17(22)21-6-2-3-7-21)18(13-20)4-8-23-9-5-18/h12,16H,2-11,13H2,1H3/t16-/m0/s1. The third-order valence-electron chi connectivity index (χ3n) is 5.98. The number of ether oxygens (including phenoxy) is 1. The lowest BCUT2D eigenvalue weighted by molar-refractivity contribution is -0.139. The lowest BCUT2D eigenvalue weighted by atomic mass is 9.71. The van der Waals surface area contributed by atoms with Gasteiger partial charge in [0, 0.05) is 56.7 Å². The zero-order valence-corrected chi connectivity index (χ0v) is 15.3. The maximum absolute atomic E-state index is 13.2. The van der Waals surface area contributed by atoms with Gasteiger partial charge in [0.05, 0.1) is 16.6 Å². The van der Waals surface area contributed by atoms with Crippen molar-refractivity contribution in [1.82, 2.24) is 14.8 Å². The van der Waals surface area contributed by atoms with Crippen molar-refractivity contribution in [3.8, 4) is 0 Å². The van der Waals surface area contributed by atoms with Gasteiger partial charge in [0.1, 0.15) is 0 Å². The summed E-state index contributed by atoms with van der Waals surface area (Å²) in [4.78, 5) is 22.3. The molecular formula is C18H27N3O2S. The Bertz CT molecular complexity index is 591. The van der Waals surface area contributed by atoms with E-state index in [-0.39, 0.29) is 11.3 Å². The van der Waals surface area contributed by atoms with Crippen LogP contribution in [0.4, 0.5) is 0 Å². The molecule has 4 rings (SSSR count). The minimum atomic E-state index is 0.114. The van der Waals surface area contributed by atoms with Gasteiger partial charge in [-0.15, -0.1) is 11.3 Å². The molecule has 3 aliphatic heterocycles. The van der Waals surface area contributed by atoms with Gasteiger partial charge in [-0.1, -0.05) is 0 Å². The van der Waals surface area contributed by atoms with Crippen molar-refractivity contribution >= 4 is 17.2 Å². The minimum absolute atomic E-state index is 0.114. The molecule has 3 saturated heterocycles. The molecule has 0 radical (unpaired) electrons. The van der Waals surface area contributed by atoms with Crippen molar-refractivity contribution < 1.29 is 9.53 Å². The van der Waals surface area contributed by atoms with Gasteiger partial charge in [-0.05, 0) is 32.6 Å². The SMILES string of the molecule is Cc1nc(CN2C[C@@H](C(=O)N3CCCC3)C3(CCOCC3)C2)cs1. The van der Waals surface area contributed by atoms with E-state index >= 15 is 0 Å². The Labute approximate surface area is 148 Å². The van der Waals surface area contributed by atoms with E-state index in [0.717, 1.165) is 82.3 Å². The molecule has 0 unspecified atom stereocenters. The summed E-state index contributed by atoms with van der Waals surface area (Å²) in [5.74, 6) is 0.533. The molecule has 4 heterocycles. The van der Waals surface area contributed by atoms with Crippen LogP contribution in [0.25, 0.3) is 0 Å². The highest BCUT2D eigenvalue weighted by molar-refractivity contribution is 7.09. The first-order chi connectivity index (χ1) is 11.7. The molecule has 3 fully saturated rings. The van der Waals surface area contributed by atoms with Crippen molar-refractivity contribution in [3.63, 3.8) is 0 Å². The van der Waals surface area contributed by atoms with Crippen LogP contribution < -0.4 is 0 Å². The molecule has 132 valence electrons. The molecule has 0 N–H and O–H groups in total. The average Bonchev–Trinajstić information content (AvgIpc) is 3.30. The van der Waals surface area contributed by atoms with E-state index < -0.39 is 0 Å². The summed E-state index contributed by atoms with van der Waals surface area (Å²) in [5.41, 5.74) is 1.26. The van der Waals surface area contributed by atoms with Crippen molar-refractivity contribution in [2.75, 3.05) is 39.4 Å². The Morgan fingerprint density at radius 3 is 2.79 bits per heavy atom. The molecule has 6 heteroatoms. The Balaban J connectivity index is 1.52. The highest BCUT2D eigenvalue weighted by Crippen LogP contribution is 2.45. The largest absolute Gasteiger partial charge is 0.381 e. The van der Waals surface area contributed by atoms with E-state index in [1.165, 1.54) is 0 Å². The second-order valence-electron chi connectivity index (χ2n) is 7.59. The van der Waals surface area contributed by atoms with Gasteiger partial charge in [-0.25, -0.2) is 4.98 Å². The number of hydrogen-bond donors (Lipinski definition) is 0. The smallest absolute Gasteiger partial charge is 0.227 e. The Morgan fingerprint density at radius 1 is 1.38 bits per heavy atom. The number of carbonyl (C=O) groups is 1. The Hall–Kier alpha value is -0.980. The predicted octanol–water partition coefficient (Wildman–Crippen LogP) is 2.30. The first-order valence-electron chi connectivity index (χ1n) is 9.16. The van der Waals surface area contributed by atoms with Crippen LogP contribution in [-0.2, 0) is 16.1 Å². The van der Waals surface area contributed by atoms with Crippen LogP contribution >= 0.6 is 11.3 Å². The van der Waals surface area contributed by atoms with Crippen LogP contribution in [0, 0.1) is 18.3 Å². The molecule has 0 aliphatic carbocycles. The highest BCUT2D eigenvalue weighted by Gasteiger charge is 2.51. The maximum atomic E-state index is 13.2. The van der Waals surface area contributed by atoms with Crippen LogP contribution in [0.1, 0.15) is 36.4 Å². The number of nitrogens with zero attached hydrogens (tertiary/aromatic N) is 3. The summed E-state index contributed by atoms with van der Waals surface area (Å²) in [5, 5.41) is 3.27. The lowest BCUT2D eigenvalue weighted by Gasteiger charge is -2.38. The van der Waals surface area contributed by atoms with Crippen LogP contribution in [0.2, 0.25) is 0 Å². The molecule has 1 aromatic rings. The third kappa shape index (κ3) is 3.11. The van der Waals surface area contributed by atoms with Gasteiger partial charge in [-0.2, -0.15) is 0 Å². The number of hydrogen-bond acceptors (Lipinski definition) is 5. The zero-order chi connectivity index (χ0) is 16.6. The summed E-state index contributed by atoms with van der Waals surface area (Å²) in [6, 6.07) is 0. The van der Waals surface area contributed by atoms with Crippen molar-refractivity contribution in [3.05, 3.63) is 16.1 Å². The van der Waals surface area contributed by atoms with E-state index in [1.54, 1.807) is 11.3 Å². The molecular weight excluding hydrogens is 322 g/mol. The van der Waals surface area contributed by atoms with Gasteiger partial charge < -0.3 is 9.64 Å². The molecule has 1 atom stereocenters. The molecule has 24 heavy (non-hydrogen) atoms. The first-order valence-corrected chi connectivity index (χ1v) is 10.0. The summed E-state index contributed by atoms with van der Waals surface area (Å²) < 4.78 is 5.61. The highest BCUT2D eigenvalue weighted by atomic mass is 32.1. The predicted molar refractivity (Wildman–Crippen MR) is 93.9 cm³/mol. The lowest BCUT2D eigenvalue weighted by Crippen LogP contribution is -2.45. The quantitative estimate of drug-likeness (QED) is 0.840. The number of likely N-dealkylation sites (tertiary alicyclic amines) is 2. The Morgan fingerprint density at radius 2 is 2.12 bits per heavy atom. The fraction of sp³-hybridized carbons (Fsp3) is 0.778. The molecule has 0 saturated carbocycles. The van der Waals surface area contributed by atoms with Gasteiger partial charge >= 0.3 is 0 Å². The minimum Gasteiger partial charge on any atom is -0.381 e. The van der Waals surface area contributed by atoms with Gasteiger partial charge in [0.2, 0.25) is 5.91 Å². The molecule has 0 aromatic carbocycles. The van der Waals surface area contributed by atoms with Gasteiger partial charge in [0.25, 0.3) is 0 Å². The molecule has 0 bridgehead atoms. The number of amides is 1. The summed E-state index contributed by atoms with van der Waals surface area (Å²) in [6.07, 6.45) is 4.36. The molecule has 1 spiro atoms. The normalized spacial score (nSPS) is 27.2. The Kier molecular flexibility index (Phi) is 4.62. The van der Waals surface area contributed by atoms with Crippen molar-refractivity contribution in [2.45, 2.75) is 39.2 Å². The molecule has 3 aliphatic rings. The molecule has 1 amide bonds.